The average Bonchev–Trinajstić information content (AvgIpc) is 3.02. The number of hydrogen-bond acceptors (Lipinski definition) is 5. The molecule has 0 saturated carbocycles. The number of fused-ring (bicyclic) bond motifs is 1. The molecule has 0 spiro atoms. The summed E-state index contributed by atoms with van der Waals surface area (Å²) in [5, 5.41) is 8.56. The molecule has 0 aliphatic rings. The van der Waals surface area contributed by atoms with Gasteiger partial charge in [-0.1, -0.05) is 11.6 Å². The van der Waals surface area contributed by atoms with Gasteiger partial charge in [-0.3, -0.25) is 20.0 Å². The number of aromatic amines is 1. The maximum absolute atomic E-state index is 6.15. The Morgan fingerprint density at radius 3 is 2.73 bits per heavy atom. The lowest BCUT2D eigenvalue weighted by molar-refractivity contribution is 0.0693. The van der Waals surface area contributed by atoms with Gasteiger partial charge in [0.15, 0.2) is 0 Å². The number of ether oxygens (including phenoxy) is 1. The van der Waals surface area contributed by atoms with Crippen molar-refractivity contribution in [3.8, 4) is 0 Å². The lowest BCUT2D eigenvalue weighted by Gasteiger charge is -2.23. The van der Waals surface area contributed by atoms with Crippen molar-refractivity contribution in [2.75, 3.05) is 13.2 Å². The Kier molecular flexibility index (Phi) is 6.55. The van der Waals surface area contributed by atoms with Crippen molar-refractivity contribution in [3.05, 3.63) is 53.2 Å². The molecule has 3 aromatic rings. The van der Waals surface area contributed by atoms with Gasteiger partial charge in [0.1, 0.15) is 10.7 Å². The van der Waals surface area contributed by atoms with E-state index in [1.54, 1.807) is 6.20 Å². The van der Waals surface area contributed by atoms with E-state index in [1.165, 1.54) is 5.56 Å². The molecule has 0 fully saturated rings. The summed E-state index contributed by atoms with van der Waals surface area (Å²) in [5.41, 5.74) is 3.16. The summed E-state index contributed by atoms with van der Waals surface area (Å²) < 4.78 is 5.68. The Morgan fingerprint density at radius 2 is 1.96 bits per heavy atom. The molecule has 7 heteroatoms. The Balaban J connectivity index is 1.73. The predicted octanol–water partition coefficient (Wildman–Crippen LogP) is 3.82. The molecule has 1 N–H and O–H groups in total. The Bertz CT molecular complexity index is 821. The molecule has 0 aliphatic carbocycles. The quantitative estimate of drug-likeness (QED) is 0.577. The van der Waals surface area contributed by atoms with E-state index in [1.807, 2.05) is 30.7 Å². The number of hydrogen-bond donors (Lipinski definition) is 1. The van der Waals surface area contributed by atoms with Crippen LogP contribution < -0.4 is 0 Å². The van der Waals surface area contributed by atoms with Crippen molar-refractivity contribution in [3.63, 3.8) is 0 Å². The molecule has 0 amide bonds. The Hall–Kier alpha value is -2.02. The van der Waals surface area contributed by atoms with E-state index in [9.17, 15) is 0 Å². The van der Waals surface area contributed by atoms with Crippen LogP contribution >= 0.6 is 11.6 Å². The normalized spacial score (nSPS) is 11.7. The Morgan fingerprint density at radius 1 is 1.15 bits per heavy atom. The number of pyridine rings is 2. The summed E-state index contributed by atoms with van der Waals surface area (Å²) in [7, 11) is 0. The van der Waals surface area contributed by atoms with Crippen LogP contribution in [0.25, 0.3) is 10.9 Å². The highest BCUT2D eigenvalue weighted by atomic mass is 35.5. The van der Waals surface area contributed by atoms with Gasteiger partial charge in [0.2, 0.25) is 0 Å². The summed E-state index contributed by atoms with van der Waals surface area (Å²) in [5.74, 6) is 0. The van der Waals surface area contributed by atoms with Crippen LogP contribution in [0.1, 0.15) is 31.4 Å². The predicted molar refractivity (Wildman–Crippen MR) is 103 cm³/mol. The molecular weight excluding hydrogens is 350 g/mol. The van der Waals surface area contributed by atoms with Gasteiger partial charge < -0.3 is 4.74 Å². The first kappa shape index (κ1) is 18.8. The standard InChI is InChI=1S/C19H24ClN5O/c1-14(2)26-9-3-8-25(12-15-4-6-21-7-5-15)13-16-10-22-11-17-18(16)23-24-19(17)20/h4-7,10-11,14H,3,8-9,12-13H2,1-2H3,(H,23,24). The van der Waals surface area contributed by atoms with Gasteiger partial charge in [-0.25, -0.2) is 0 Å². The highest BCUT2D eigenvalue weighted by molar-refractivity contribution is 6.34. The molecule has 26 heavy (non-hydrogen) atoms. The van der Waals surface area contributed by atoms with Gasteiger partial charge in [-0.15, -0.1) is 0 Å². The van der Waals surface area contributed by atoms with Crippen molar-refractivity contribution in [1.29, 1.82) is 0 Å². The fraction of sp³-hybridized carbons (Fsp3) is 0.421. The summed E-state index contributed by atoms with van der Waals surface area (Å²) in [4.78, 5) is 10.8. The second-order valence-corrected chi connectivity index (χ2v) is 6.95. The molecule has 0 aliphatic heterocycles. The van der Waals surface area contributed by atoms with Crippen LogP contribution in [0.5, 0.6) is 0 Å². The van der Waals surface area contributed by atoms with Crippen LogP contribution in [0.3, 0.4) is 0 Å². The van der Waals surface area contributed by atoms with Gasteiger partial charge in [0.25, 0.3) is 0 Å². The van der Waals surface area contributed by atoms with Gasteiger partial charge >= 0.3 is 0 Å². The zero-order chi connectivity index (χ0) is 18.4. The monoisotopic (exact) mass is 373 g/mol. The number of rotatable bonds is 9. The van der Waals surface area contributed by atoms with Crippen molar-refractivity contribution < 1.29 is 4.74 Å². The van der Waals surface area contributed by atoms with E-state index in [4.69, 9.17) is 16.3 Å². The first-order valence-corrected chi connectivity index (χ1v) is 9.20. The second kappa shape index (κ2) is 9.07. The summed E-state index contributed by atoms with van der Waals surface area (Å²) in [6.45, 7) is 7.36. The molecule has 0 saturated heterocycles. The van der Waals surface area contributed by atoms with Crippen LogP contribution in [0.4, 0.5) is 0 Å². The maximum atomic E-state index is 6.15. The first-order valence-electron chi connectivity index (χ1n) is 8.83. The van der Waals surface area contributed by atoms with E-state index in [-0.39, 0.29) is 6.10 Å². The van der Waals surface area contributed by atoms with Gasteiger partial charge in [-0.05, 0) is 38.0 Å². The molecule has 3 rings (SSSR count). The number of H-pyrrole nitrogens is 1. The van der Waals surface area contributed by atoms with Crippen LogP contribution in [0, 0.1) is 0 Å². The average molecular weight is 374 g/mol. The molecule has 6 nitrogen and oxygen atoms in total. The summed E-state index contributed by atoms with van der Waals surface area (Å²) in [6, 6.07) is 4.09. The lowest BCUT2D eigenvalue weighted by atomic mass is 10.1. The minimum Gasteiger partial charge on any atom is -0.379 e. The van der Waals surface area contributed by atoms with Crippen LogP contribution in [0.2, 0.25) is 5.15 Å². The van der Waals surface area contributed by atoms with E-state index in [2.05, 4.69) is 38.9 Å². The van der Waals surface area contributed by atoms with Gasteiger partial charge in [0, 0.05) is 56.6 Å². The first-order chi connectivity index (χ1) is 12.6. The number of aromatic nitrogens is 4. The summed E-state index contributed by atoms with van der Waals surface area (Å²) in [6.07, 6.45) is 8.48. The number of nitrogens with one attached hydrogen (secondary N) is 1. The highest BCUT2D eigenvalue weighted by Crippen LogP contribution is 2.23. The Labute approximate surface area is 158 Å². The van der Waals surface area contributed by atoms with E-state index < -0.39 is 0 Å². The van der Waals surface area contributed by atoms with Crippen molar-refractivity contribution in [2.45, 2.75) is 39.5 Å². The zero-order valence-electron chi connectivity index (χ0n) is 15.2. The molecule has 3 aromatic heterocycles. The van der Waals surface area contributed by atoms with E-state index in [0.717, 1.165) is 49.1 Å². The third kappa shape index (κ3) is 5.00. The fourth-order valence-corrected chi connectivity index (χ4v) is 3.06. The SMILES string of the molecule is CC(C)OCCCN(Cc1ccncc1)Cc1cncc2c(Cl)[nH]nc12. The molecule has 3 heterocycles. The van der Waals surface area contributed by atoms with Crippen molar-refractivity contribution in [2.24, 2.45) is 0 Å². The van der Waals surface area contributed by atoms with Crippen LogP contribution in [-0.2, 0) is 17.8 Å². The number of nitrogens with zero attached hydrogens (tertiary/aromatic N) is 4. The minimum atomic E-state index is 0.257. The number of halogens is 1. The largest absolute Gasteiger partial charge is 0.379 e. The maximum Gasteiger partial charge on any atom is 0.133 e. The van der Waals surface area contributed by atoms with E-state index in [0.29, 0.717) is 5.15 Å². The van der Waals surface area contributed by atoms with E-state index >= 15 is 0 Å². The van der Waals surface area contributed by atoms with Crippen LogP contribution in [-0.4, -0.2) is 44.3 Å². The molecule has 0 atom stereocenters. The lowest BCUT2D eigenvalue weighted by Crippen LogP contribution is -2.25. The zero-order valence-corrected chi connectivity index (χ0v) is 15.9. The third-order valence-corrected chi connectivity index (χ3v) is 4.40. The van der Waals surface area contributed by atoms with Gasteiger partial charge in [-0.2, -0.15) is 5.10 Å². The molecule has 0 aromatic carbocycles. The van der Waals surface area contributed by atoms with Crippen LogP contribution in [0.15, 0.2) is 36.9 Å². The fourth-order valence-electron chi connectivity index (χ4n) is 2.88. The molecule has 138 valence electrons. The summed E-state index contributed by atoms with van der Waals surface area (Å²) >= 11 is 6.15. The molecule has 0 bridgehead atoms. The molecule has 0 radical (unpaired) electrons. The molecule has 0 unspecified atom stereocenters. The third-order valence-electron chi connectivity index (χ3n) is 4.11. The smallest absolute Gasteiger partial charge is 0.133 e. The second-order valence-electron chi connectivity index (χ2n) is 6.57. The topological polar surface area (TPSA) is 66.9 Å². The highest BCUT2D eigenvalue weighted by Gasteiger charge is 2.13. The molecular formula is C19H24ClN5O. The van der Waals surface area contributed by atoms with Crippen molar-refractivity contribution >= 4 is 22.5 Å². The van der Waals surface area contributed by atoms with Gasteiger partial charge in [0.05, 0.1) is 11.5 Å². The minimum absolute atomic E-state index is 0.257. The van der Waals surface area contributed by atoms with Crippen molar-refractivity contribution in [1.82, 2.24) is 25.1 Å².